The van der Waals surface area contributed by atoms with Gasteiger partial charge in [0, 0.05) is 5.75 Å². The van der Waals surface area contributed by atoms with E-state index in [9.17, 15) is 4.89 Å². The Morgan fingerprint density at radius 3 is 1.65 bits per heavy atom. The molecule has 0 radical (unpaired) electrons. The van der Waals surface area contributed by atoms with Crippen molar-refractivity contribution in [2.24, 2.45) is 11.8 Å². The molecule has 0 bridgehead atoms. The first-order valence-electron chi connectivity index (χ1n) is 8.08. The van der Waals surface area contributed by atoms with Crippen LogP contribution in [0.3, 0.4) is 0 Å². The van der Waals surface area contributed by atoms with Crippen LogP contribution >= 0.6 is 17.1 Å². The van der Waals surface area contributed by atoms with Gasteiger partial charge in [-0.05, 0) is 36.5 Å². The van der Waals surface area contributed by atoms with Crippen LogP contribution in [0.1, 0.15) is 40.5 Å². The van der Waals surface area contributed by atoms with E-state index in [1.807, 2.05) is 13.8 Å². The fourth-order valence-corrected chi connectivity index (χ4v) is 4.95. The molecule has 5 heteroatoms. The van der Waals surface area contributed by atoms with Crippen LogP contribution < -0.4 is 0 Å². The molecular weight excluding hydrogens is 343 g/mol. The third-order valence-corrected chi connectivity index (χ3v) is 7.08. The summed E-state index contributed by atoms with van der Waals surface area (Å²) in [6.07, 6.45) is 19.0. The van der Waals surface area contributed by atoms with Gasteiger partial charge in [-0.25, -0.2) is 0 Å². The smallest absolute Gasteiger partial charge is 0.244 e. The molecule has 1 N–H and O–H groups in total. The lowest BCUT2D eigenvalue weighted by molar-refractivity contribution is 0.275. The Balaban J connectivity index is 0.000000386. The van der Waals surface area contributed by atoms with Gasteiger partial charge in [0.15, 0.2) is 0 Å². The van der Waals surface area contributed by atoms with E-state index in [0.717, 1.165) is 18.6 Å². The molecule has 0 fully saturated rings. The molecule has 0 aromatic heterocycles. The van der Waals surface area contributed by atoms with Gasteiger partial charge < -0.3 is 9.42 Å². The van der Waals surface area contributed by atoms with E-state index in [0.29, 0.717) is 18.4 Å². The third-order valence-electron chi connectivity index (χ3n) is 2.45. The summed E-state index contributed by atoms with van der Waals surface area (Å²) in [6.45, 7) is 8.85. The zero-order valence-electron chi connectivity index (χ0n) is 14.7. The van der Waals surface area contributed by atoms with Gasteiger partial charge in [-0.3, -0.25) is 0 Å². The van der Waals surface area contributed by atoms with Crippen molar-refractivity contribution in [3.05, 3.63) is 48.6 Å². The second kappa shape index (κ2) is 14.2. The van der Waals surface area contributed by atoms with E-state index >= 15 is 0 Å². The molecule has 2 nitrogen and oxygen atoms in total. The fourth-order valence-electron chi connectivity index (χ4n) is 1.31. The van der Waals surface area contributed by atoms with E-state index in [1.165, 1.54) is 11.4 Å². The number of hydrogen-bond acceptors (Lipinski definition) is 3. The lowest BCUT2D eigenvalue weighted by atomic mass is 10.2. The number of rotatable bonds is 6. The highest BCUT2D eigenvalue weighted by Gasteiger charge is 2.15. The van der Waals surface area contributed by atoms with Gasteiger partial charge in [-0.2, -0.15) is 0 Å². The molecule has 2 rings (SSSR count). The van der Waals surface area contributed by atoms with Crippen LogP contribution in [-0.2, 0) is 16.3 Å². The van der Waals surface area contributed by atoms with Crippen molar-refractivity contribution >= 4 is 28.9 Å². The van der Waals surface area contributed by atoms with Crippen molar-refractivity contribution in [1.82, 2.24) is 0 Å². The summed E-state index contributed by atoms with van der Waals surface area (Å²) in [4.78, 5) is 9.68. The Hall–Kier alpha value is -0.120. The van der Waals surface area contributed by atoms with Gasteiger partial charge in [0.05, 0.1) is 6.61 Å². The van der Waals surface area contributed by atoms with E-state index in [-0.39, 0.29) is 0 Å². The summed E-state index contributed by atoms with van der Waals surface area (Å²) < 4.78 is 5.29. The molecule has 2 aliphatic carbocycles. The third kappa shape index (κ3) is 18.1. The summed E-state index contributed by atoms with van der Waals surface area (Å²) in [5, 5.41) is 0. The topological polar surface area (TPSA) is 29.5 Å². The Bertz CT molecular complexity index is 394. The minimum atomic E-state index is -2.55. The summed E-state index contributed by atoms with van der Waals surface area (Å²) in [7, 11) is 0. The Morgan fingerprint density at radius 1 is 0.957 bits per heavy atom. The summed E-state index contributed by atoms with van der Waals surface area (Å²) in [5.41, 5.74) is -2.55. The zero-order chi connectivity index (χ0) is 17.6. The monoisotopic (exact) mass is 374 g/mol. The Labute approximate surface area is 151 Å². The largest absolute Gasteiger partial charge is 0.337 e. The minimum Gasteiger partial charge on any atom is -0.337 e. The highest BCUT2D eigenvalue weighted by atomic mass is 32.9. The average molecular weight is 375 g/mol. The molecule has 0 aromatic carbocycles. The predicted molar refractivity (Wildman–Crippen MR) is 110 cm³/mol. The number of hydrogen-bond donors (Lipinski definition) is 1. The summed E-state index contributed by atoms with van der Waals surface area (Å²) >= 11 is 6.38. The van der Waals surface area contributed by atoms with Crippen LogP contribution in [0.2, 0.25) is 0 Å². The van der Waals surface area contributed by atoms with Crippen molar-refractivity contribution in [1.29, 1.82) is 0 Å². The maximum Gasteiger partial charge on any atom is 0.244 e. The van der Waals surface area contributed by atoms with Crippen molar-refractivity contribution in [2.75, 3.05) is 12.4 Å². The maximum atomic E-state index is 9.68. The van der Waals surface area contributed by atoms with Gasteiger partial charge in [-0.15, -0.1) is 0 Å². The first kappa shape index (κ1) is 22.9. The van der Waals surface area contributed by atoms with Crippen LogP contribution in [0.4, 0.5) is 0 Å². The quantitative estimate of drug-likeness (QED) is 0.555. The van der Waals surface area contributed by atoms with Crippen molar-refractivity contribution < 1.29 is 9.42 Å². The zero-order valence-corrected chi connectivity index (χ0v) is 17.2. The first-order valence-corrected chi connectivity index (χ1v) is 12.3. The highest BCUT2D eigenvalue weighted by Crippen LogP contribution is 2.56. The molecule has 0 saturated carbocycles. The highest BCUT2D eigenvalue weighted by molar-refractivity contribution is 8.67. The molecule has 0 saturated heterocycles. The molecule has 0 heterocycles. The molecule has 0 aromatic rings. The first-order chi connectivity index (χ1) is 10.8. The van der Waals surface area contributed by atoms with Crippen LogP contribution in [0.15, 0.2) is 48.6 Å². The summed E-state index contributed by atoms with van der Waals surface area (Å²) in [6, 6.07) is 0. The SMILES string of the molecule is C1=CCC=C1.C1=CCC=C1.CC(C)COP(O)(=S)SCC(C)C. The lowest BCUT2D eigenvalue weighted by Crippen LogP contribution is -1.99. The molecule has 23 heavy (non-hydrogen) atoms. The van der Waals surface area contributed by atoms with Crippen molar-refractivity contribution in [3.63, 3.8) is 0 Å². The lowest BCUT2D eigenvalue weighted by Gasteiger charge is -2.17. The normalized spacial score (nSPS) is 17.0. The summed E-state index contributed by atoms with van der Waals surface area (Å²) in [5.74, 6) is 1.84. The Morgan fingerprint density at radius 2 is 1.39 bits per heavy atom. The number of allylic oxidation sites excluding steroid dienone is 8. The van der Waals surface area contributed by atoms with Gasteiger partial charge in [0.2, 0.25) is 5.69 Å². The van der Waals surface area contributed by atoms with Crippen molar-refractivity contribution in [2.45, 2.75) is 40.5 Å². The van der Waals surface area contributed by atoms with Crippen LogP contribution in [-0.4, -0.2) is 17.3 Å². The van der Waals surface area contributed by atoms with Crippen molar-refractivity contribution in [3.8, 4) is 0 Å². The molecule has 2 aliphatic rings. The van der Waals surface area contributed by atoms with E-state index in [2.05, 4.69) is 62.5 Å². The molecular formula is C18H31O2PS2. The van der Waals surface area contributed by atoms with Crippen LogP contribution in [0.25, 0.3) is 0 Å². The van der Waals surface area contributed by atoms with Crippen LogP contribution in [0.5, 0.6) is 0 Å². The van der Waals surface area contributed by atoms with E-state index in [1.54, 1.807) is 0 Å². The molecule has 0 amide bonds. The minimum absolute atomic E-state index is 0.425. The standard InChI is InChI=1S/C8H19O2PS2.2C5H6/c1-7(2)5-10-11(9,12)13-6-8(3)4;2*1-2-4-5-3-1/h7-8H,5-6H2,1-4H3,(H,9,12);2*1-4H,5H2. The van der Waals surface area contributed by atoms with Gasteiger partial charge >= 0.3 is 0 Å². The van der Waals surface area contributed by atoms with E-state index < -0.39 is 5.69 Å². The predicted octanol–water partition coefficient (Wildman–Crippen LogP) is 6.27. The molecule has 1 atom stereocenters. The molecule has 132 valence electrons. The van der Waals surface area contributed by atoms with E-state index in [4.69, 9.17) is 16.3 Å². The average Bonchev–Trinajstić information content (AvgIpc) is 3.19. The molecule has 0 aliphatic heterocycles. The van der Waals surface area contributed by atoms with Crippen LogP contribution in [0, 0.1) is 11.8 Å². The second-order valence-corrected chi connectivity index (χ2v) is 12.3. The molecule has 1 unspecified atom stereocenters. The van der Waals surface area contributed by atoms with Gasteiger partial charge in [0.25, 0.3) is 0 Å². The van der Waals surface area contributed by atoms with Gasteiger partial charge in [0.1, 0.15) is 0 Å². The van der Waals surface area contributed by atoms with Gasteiger partial charge in [-0.1, -0.05) is 87.7 Å². The fraction of sp³-hybridized carbons (Fsp3) is 0.556. The second-order valence-electron chi connectivity index (χ2n) is 6.03. The molecule has 0 spiro atoms. The Kier molecular flexibility index (Phi) is 14.2. The maximum absolute atomic E-state index is 9.68.